The van der Waals surface area contributed by atoms with Gasteiger partial charge in [0.25, 0.3) is 0 Å². The second-order valence-electron chi connectivity index (χ2n) is 6.15. The van der Waals surface area contributed by atoms with Gasteiger partial charge in [-0.3, -0.25) is 0 Å². The summed E-state index contributed by atoms with van der Waals surface area (Å²) >= 11 is 0. The van der Waals surface area contributed by atoms with Crippen molar-refractivity contribution in [3.05, 3.63) is 53.6 Å². The number of hydrogen-bond acceptors (Lipinski definition) is 2. The molecule has 0 aliphatic carbocycles. The first-order chi connectivity index (χ1) is 12.4. The number of fused-ring (bicyclic) bond motifs is 1. The third kappa shape index (κ3) is 3.75. The highest BCUT2D eigenvalue weighted by atomic mass is 19.4. The summed E-state index contributed by atoms with van der Waals surface area (Å²) in [5.41, 5.74) is 2.33. The molecule has 26 heavy (non-hydrogen) atoms. The van der Waals surface area contributed by atoms with Crippen LogP contribution in [0.25, 0.3) is 22.4 Å². The minimum absolute atomic E-state index is 0.356. The summed E-state index contributed by atoms with van der Waals surface area (Å²) in [5.74, 6) is 0.689. The van der Waals surface area contributed by atoms with Crippen molar-refractivity contribution in [2.24, 2.45) is 0 Å². The van der Waals surface area contributed by atoms with Crippen molar-refractivity contribution >= 4 is 11.0 Å². The van der Waals surface area contributed by atoms with E-state index in [1.54, 1.807) is 0 Å². The molecule has 138 valence electrons. The first-order valence-electron chi connectivity index (χ1n) is 8.63. The third-order valence-corrected chi connectivity index (χ3v) is 4.34. The number of hydrogen-bond donors (Lipinski definition) is 0. The van der Waals surface area contributed by atoms with Crippen molar-refractivity contribution in [1.82, 2.24) is 9.55 Å². The summed E-state index contributed by atoms with van der Waals surface area (Å²) in [6.07, 6.45) is -3.62. The molecule has 1 aromatic heterocycles. The maximum absolute atomic E-state index is 13.0. The number of nitrogens with zero attached hydrogens (tertiary/aromatic N) is 2. The maximum atomic E-state index is 13.0. The highest BCUT2D eigenvalue weighted by Gasteiger charge is 2.31. The summed E-state index contributed by atoms with van der Waals surface area (Å²) in [6.45, 7) is 5.78. The van der Waals surface area contributed by atoms with Crippen LogP contribution in [0.3, 0.4) is 0 Å². The lowest BCUT2D eigenvalue weighted by atomic mass is 10.1. The number of aromatic nitrogens is 2. The fourth-order valence-corrected chi connectivity index (χ4v) is 3.03. The van der Waals surface area contributed by atoms with Crippen molar-refractivity contribution in [3.8, 4) is 11.4 Å². The highest BCUT2D eigenvalue weighted by Crippen LogP contribution is 2.33. The standard InChI is InChI=1S/C20H21F3N2O/c1-3-26-12-6-11-25-18-10-9-15(20(21,22)23)13-17(18)24-19(25)16-8-5-4-7-14(16)2/h4-5,7-10,13H,3,6,11-12H2,1-2H3. The van der Waals surface area contributed by atoms with E-state index >= 15 is 0 Å². The Morgan fingerprint density at radius 3 is 2.58 bits per heavy atom. The fraction of sp³-hybridized carbons (Fsp3) is 0.350. The van der Waals surface area contributed by atoms with Crippen molar-refractivity contribution in [2.75, 3.05) is 13.2 Å². The zero-order valence-electron chi connectivity index (χ0n) is 14.8. The molecule has 0 saturated heterocycles. The number of alkyl halides is 3. The van der Waals surface area contributed by atoms with Crippen LogP contribution >= 0.6 is 0 Å². The van der Waals surface area contributed by atoms with E-state index in [2.05, 4.69) is 4.98 Å². The number of rotatable bonds is 6. The quantitative estimate of drug-likeness (QED) is 0.545. The Balaban J connectivity index is 2.10. The van der Waals surface area contributed by atoms with Gasteiger partial charge in [0.15, 0.2) is 0 Å². The van der Waals surface area contributed by atoms with Crippen LogP contribution in [-0.2, 0) is 17.5 Å². The average Bonchev–Trinajstić information content (AvgIpc) is 2.96. The number of imidazole rings is 1. The summed E-state index contributed by atoms with van der Waals surface area (Å²) in [5, 5.41) is 0. The number of ether oxygens (including phenoxy) is 1. The van der Waals surface area contributed by atoms with Crippen LogP contribution in [0.15, 0.2) is 42.5 Å². The Hall–Kier alpha value is -2.34. The molecule has 3 nitrogen and oxygen atoms in total. The predicted molar refractivity (Wildman–Crippen MR) is 96.0 cm³/mol. The zero-order chi connectivity index (χ0) is 18.7. The molecule has 0 atom stereocenters. The van der Waals surface area contributed by atoms with Crippen LogP contribution in [0, 0.1) is 6.92 Å². The van der Waals surface area contributed by atoms with Crippen LogP contribution in [-0.4, -0.2) is 22.8 Å². The lowest BCUT2D eigenvalue weighted by molar-refractivity contribution is -0.137. The molecule has 2 aromatic carbocycles. The van der Waals surface area contributed by atoms with Crippen LogP contribution in [0.2, 0.25) is 0 Å². The van der Waals surface area contributed by atoms with E-state index in [1.165, 1.54) is 6.07 Å². The van der Waals surface area contributed by atoms with E-state index in [0.29, 0.717) is 36.6 Å². The number of halogens is 3. The van der Waals surface area contributed by atoms with E-state index in [-0.39, 0.29) is 0 Å². The van der Waals surface area contributed by atoms with Crippen LogP contribution in [0.1, 0.15) is 24.5 Å². The molecule has 0 bridgehead atoms. The molecule has 0 saturated carbocycles. The minimum atomic E-state index is -4.38. The van der Waals surface area contributed by atoms with E-state index in [1.807, 2.05) is 42.7 Å². The van der Waals surface area contributed by atoms with E-state index in [0.717, 1.165) is 29.7 Å². The molecule has 0 unspecified atom stereocenters. The van der Waals surface area contributed by atoms with Crippen LogP contribution in [0.4, 0.5) is 13.2 Å². The second kappa shape index (κ2) is 7.50. The monoisotopic (exact) mass is 362 g/mol. The summed E-state index contributed by atoms with van der Waals surface area (Å²) in [4.78, 5) is 4.54. The first kappa shape index (κ1) is 18.5. The van der Waals surface area contributed by atoms with E-state index in [9.17, 15) is 13.2 Å². The second-order valence-corrected chi connectivity index (χ2v) is 6.15. The molecule has 3 aromatic rings. The molecule has 0 fully saturated rings. The topological polar surface area (TPSA) is 27.1 Å². The van der Waals surface area contributed by atoms with E-state index in [4.69, 9.17) is 4.74 Å². The Morgan fingerprint density at radius 2 is 1.88 bits per heavy atom. The minimum Gasteiger partial charge on any atom is -0.382 e. The molecule has 0 spiro atoms. The van der Waals surface area contributed by atoms with Crippen molar-refractivity contribution < 1.29 is 17.9 Å². The Bertz CT molecular complexity index is 900. The molecular weight excluding hydrogens is 341 g/mol. The average molecular weight is 362 g/mol. The van der Waals surface area contributed by atoms with Gasteiger partial charge in [0.1, 0.15) is 5.82 Å². The summed E-state index contributed by atoms with van der Waals surface area (Å²) in [6, 6.07) is 11.5. The van der Waals surface area contributed by atoms with Gasteiger partial charge in [-0.15, -0.1) is 0 Å². The van der Waals surface area contributed by atoms with Crippen LogP contribution in [0.5, 0.6) is 0 Å². The van der Waals surface area contributed by atoms with Gasteiger partial charge < -0.3 is 9.30 Å². The summed E-state index contributed by atoms with van der Waals surface area (Å²) < 4.78 is 46.5. The third-order valence-electron chi connectivity index (χ3n) is 4.34. The van der Waals surface area contributed by atoms with Gasteiger partial charge in [0.2, 0.25) is 0 Å². The first-order valence-corrected chi connectivity index (χ1v) is 8.63. The smallest absolute Gasteiger partial charge is 0.382 e. The predicted octanol–water partition coefficient (Wildman–Crippen LogP) is 5.46. The zero-order valence-corrected chi connectivity index (χ0v) is 14.8. The molecule has 0 N–H and O–H groups in total. The fourth-order valence-electron chi connectivity index (χ4n) is 3.03. The van der Waals surface area contributed by atoms with Gasteiger partial charge >= 0.3 is 6.18 Å². The Labute approximate surface area is 150 Å². The molecule has 0 aliphatic heterocycles. The summed E-state index contributed by atoms with van der Waals surface area (Å²) in [7, 11) is 0. The number of benzene rings is 2. The van der Waals surface area contributed by atoms with Crippen molar-refractivity contribution in [3.63, 3.8) is 0 Å². The van der Waals surface area contributed by atoms with Gasteiger partial charge in [0, 0.05) is 25.3 Å². The highest BCUT2D eigenvalue weighted by molar-refractivity contribution is 5.82. The molecule has 6 heteroatoms. The van der Waals surface area contributed by atoms with Gasteiger partial charge in [-0.25, -0.2) is 4.98 Å². The largest absolute Gasteiger partial charge is 0.416 e. The van der Waals surface area contributed by atoms with Gasteiger partial charge in [0.05, 0.1) is 16.6 Å². The molecule has 3 rings (SSSR count). The molecule has 0 radical (unpaired) electrons. The molecule has 1 heterocycles. The Morgan fingerprint density at radius 1 is 1.12 bits per heavy atom. The SMILES string of the molecule is CCOCCCn1c(-c2ccccc2C)nc2cc(C(F)(F)F)ccc21. The molecular formula is C20H21F3N2O. The lowest BCUT2D eigenvalue weighted by Gasteiger charge is -2.11. The van der Waals surface area contributed by atoms with E-state index < -0.39 is 11.7 Å². The number of aryl methyl sites for hydroxylation is 2. The van der Waals surface area contributed by atoms with Crippen LogP contribution < -0.4 is 0 Å². The van der Waals surface area contributed by atoms with Gasteiger partial charge in [-0.1, -0.05) is 24.3 Å². The van der Waals surface area contributed by atoms with Gasteiger partial charge in [-0.05, 0) is 44.0 Å². The molecule has 0 amide bonds. The lowest BCUT2D eigenvalue weighted by Crippen LogP contribution is -2.06. The van der Waals surface area contributed by atoms with Crippen molar-refractivity contribution in [1.29, 1.82) is 0 Å². The maximum Gasteiger partial charge on any atom is 0.416 e. The van der Waals surface area contributed by atoms with Crippen molar-refractivity contribution in [2.45, 2.75) is 33.0 Å². The normalized spacial score (nSPS) is 12.0. The molecule has 0 aliphatic rings. The Kier molecular flexibility index (Phi) is 5.32. The van der Waals surface area contributed by atoms with Gasteiger partial charge in [-0.2, -0.15) is 13.2 Å².